The van der Waals surface area contributed by atoms with Crippen molar-refractivity contribution < 1.29 is 0 Å². The van der Waals surface area contributed by atoms with Gasteiger partial charge in [0.2, 0.25) is 0 Å². The Morgan fingerprint density at radius 3 is 2.47 bits per heavy atom. The molecular formula is C17H26N2. The highest BCUT2D eigenvalue weighted by Crippen LogP contribution is 2.20. The lowest BCUT2D eigenvalue weighted by Gasteiger charge is -2.33. The second kappa shape index (κ2) is 6.06. The molecule has 2 fully saturated rings. The second-order valence-corrected chi connectivity index (χ2v) is 6.29. The number of piperidine rings is 1. The first-order valence-electron chi connectivity index (χ1n) is 7.86. The molecule has 0 bridgehead atoms. The maximum absolute atomic E-state index is 3.57. The van der Waals surface area contributed by atoms with Crippen LogP contribution in [0.2, 0.25) is 0 Å². The third kappa shape index (κ3) is 3.80. The number of hydrogen-bond acceptors (Lipinski definition) is 2. The van der Waals surface area contributed by atoms with Gasteiger partial charge >= 0.3 is 0 Å². The smallest absolute Gasteiger partial charge is 0.0236 e. The Hall–Kier alpha value is -0.860. The first-order chi connectivity index (χ1) is 9.31. The van der Waals surface area contributed by atoms with Gasteiger partial charge in [-0.1, -0.05) is 30.7 Å². The van der Waals surface area contributed by atoms with Gasteiger partial charge in [0.25, 0.3) is 0 Å². The van der Waals surface area contributed by atoms with Crippen molar-refractivity contribution in [1.82, 2.24) is 10.2 Å². The molecule has 1 atom stereocenters. The van der Waals surface area contributed by atoms with Crippen LogP contribution in [-0.4, -0.2) is 23.5 Å². The van der Waals surface area contributed by atoms with Gasteiger partial charge in [0.05, 0.1) is 0 Å². The van der Waals surface area contributed by atoms with Crippen LogP contribution >= 0.6 is 0 Å². The first-order valence-corrected chi connectivity index (χ1v) is 7.86. The van der Waals surface area contributed by atoms with Gasteiger partial charge in [-0.2, -0.15) is 0 Å². The van der Waals surface area contributed by atoms with Gasteiger partial charge in [-0.25, -0.2) is 0 Å². The van der Waals surface area contributed by atoms with Crippen molar-refractivity contribution in [1.29, 1.82) is 0 Å². The lowest BCUT2D eigenvalue weighted by molar-refractivity contribution is 0.152. The number of rotatable bonds is 5. The summed E-state index contributed by atoms with van der Waals surface area (Å²) in [4.78, 5) is 2.63. The molecule has 2 nitrogen and oxygen atoms in total. The maximum atomic E-state index is 3.57. The highest BCUT2D eigenvalue weighted by molar-refractivity contribution is 5.22. The molecule has 1 aliphatic heterocycles. The monoisotopic (exact) mass is 258 g/mol. The molecule has 2 aliphatic rings. The van der Waals surface area contributed by atoms with Crippen LogP contribution in [0.3, 0.4) is 0 Å². The summed E-state index contributed by atoms with van der Waals surface area (Å²) in [6.45, 7) is 5.79. The van der Waals surface area contributed by atoms with Gasteiger partial charge < -0.3 is 5.32 Å². The van der Waals surface area contributed by atoms with Gasteiger partial charge in [0.1, 0.15) is 0 Å². The first kappa shape index (κ1) is 13.1. The molecule has 1 unspecified atom stereocenters. The molecule has 1 N–H and O–H groups in total. The number of nitrogens with zero attached hydrogens (tertiary/aromatic N) is 1. The fourth-order valence-corrected chi connectivity index (χ4v) is 2.94. The minimum absolute atomic E-state index is 0.755. The zero-order valence-corrected chi connectivity index (χ0v) is 12.1. The number of nitrogens with one attached hydrogen (secondary N) is 1. The molecule has 0 spiro atoms. The van der Waals surface area contributed by atoms with Gasteiger partial charge in [-0.05, 0) is 50.3 Å². The zero-order chi connectivity index (χ0) is 13.1. The molecule has 104 valence electrons. The Labute approximate surface area is 117 Å². The molecule has 0 amide bonds. The largest absolute Gasteiger partial charge is 0.310 e. The summed E-state index contributed by atoms with van der Waals surface area (Å²) in [5.74, 6) is 0. The third-order valence-electron chi connectivity index (χ3n) is 4.52. The lowest BCUT2D eigenvalue weighted by atomic mass is 10.0. The van der Waals surface area contributed by atoms with E-state index in [1.54, 1.807) is 0 Å². The topological polar surface area (TPSA) is 15.3 Å². The Balaban J connectivity index is 1.52. The molecule has 3 rings (SSSR count). The van der Waals surface area contributed by atoms with E-state index in [1.807, 2.05) is 0 Å². The normalized spacial score (nSPS) is 24.6. The Morgan fingerprint density at radius 1 is 1.05 bits per heavy atom. The molecule has 1 saturated heterocycles. The highest BCUT2D eigenvalue weighted by atomic mass is 15.2. The Morgan fingerprint density at radius 2 is 1.79 bits per heavy atom. The van der Waals surface area contributed by atoms with Crippen LogP contribution in [0.15, 0.2) is 24.3 Å². The van der Waals surface area contributed by atoms with Crippen LogP contribution in [0.4, 0.5) is 0 Å². The van der Waals surface area contributed by atoms with Gasteiger partial charge in [-0.15, -0.1) is 0 Å². The predicted octanol–water partition coefficient (Wildman–Crippen LogP) is 3.31. The van der Waals surface area contributed by atoms with Crippen molar-refractivity contribution in [2.75, 3.05) is 6.54 Å². The van der Waals surface area contributed by atoms with Crippen LogP contribution in [0.25, 0.3) is 0 Å². The minimum Gasteiger partial charge on any atom is -0.310 e. The van der Waals surface area contributed by atoms with Crippen molar-refractivity contribution in [2.24, 2.45) is 0 Å². The third-order valence-corrected chi connectivity index (χ3v) is 4.52. The molecule has 19 heavy (non-hydrogen) atoms. The van der Waals surface area contributed by atoms with Crippen LogP contribution in [0.5, 0.6) is 0 Å². The Kier molecular flexibility index (Phi) is 4.19. The van der Waals surface area contributed by atoms with Crippen molar-refractivity contribution in [3.05, 3.63) is 35.4 Å². The average Bonchev–Trinajstić information content (AvgIpc) is 3.25. The van der Waals surface area contributed by atoms with Crippen molar-refractivity contribution in [3.63, 3.8) is 0 Å². The predicted molar refractivity (Wildman–Crippen MR) is 80.0 cm³/mol. The summed E-state index contributed by atoms with van der Waals surface area (Å²) in [5, 5.41) is 3.57. The van der Waals surface area contributed by atoms with Gasteiger partial charge in [0, 0.05) is 25.2 Å². The molecule has 1 heterocycles. The molecular weight excluding hydrogens is 232 g/mol. The molecule has 0 radical (unpaired) electrons. The molecule has 1 aromatic carbocycles. The second-order valence-electron chi connectivity index (χ2n) is 6.29. The van der Waals surface area contributed by atoms with Crippen molar-refractivity contribution in [3.8, 4) is 0 Å². The summed E-state index contributed by atoms with van der Waals surface area (Å²) in [5.41, 5.74) is 2.88. The van der Waals surface area contributed by atoms with Crippen LogP contribution < -0.4 is 5.32 Å². The molecule has 0 aromatic heterocycles. The van der Waals surface area contributed by atoms with Crippen molar-refractivity contribution >= 4 is 0 Å². The van der Waals surface area contributed by atoms with Gasteiger partial charge in [0.15, 0.2) is 0 Å². The lowest BCUT2D eigenvalue weighted by Crippen LogP contribution is -2.36. The van der Waals surface area contributed by atoms with E-state index >= 15 is 0 Å². The minimum atomic E-state index is 0.755. The van der Waals surface area contributed by atoms with E-state index in [0.29, 0.717) is 0 Å². The summed E-state index contributed by atoms with van der Waals surface area (Å²) >= 11 is 0. The van der Waals surface area contributed by atoms with Crippen molar-refractivity contribution in [2.45, 2.75) is 64.2 Å². The summed E-state index contributed by atoms with van der Waals surface area (Å²) in [6, 6.07) is 10.8. The number of benzene rings is 1. The van der Waals surface area contributed by atoms with Crippen LogP contribution in [0, 0.1) is 0 Å². The Bertz CT molecular complexity index is 394. The molecule has 1 aromatic rings. The molecule has 1 saturated carbocycles. The van der Waals surface area contributed by atoms with Crippen LogP contribution in [-0.2, 0) is 13.1 Å². The van der Waals surface area contributed by atoms with E-state index < -0.39 is 0 Å². The number of hydrogen-bond donors (Lipinski definition) is 1. The fraction of sp³-hybridized carbons (Fsp3) is 0.647. The van der Waals surface area contributed by atoms with E-state index in [4.69, 9.17) is 0 Å². The van der Waals surface area contributed by atoms with E-state index in [9.17, 15) is 0 Å². The van der Waals surface area contributed by atoms with E-state index in [-0.39, 0.29) is 0 Å². The zero-order valence-electron chi connectivity index (χ0n) is 12.1. The molecule has 1 aliphatic carbocycles. The highest BCUT2D eigenvalue weighted by Gasteiger charge is 2.20. The van der Waals surface area contributed by atoms with E-state index in [2.05, 4.69) is 41.4 Å². The van der Waals surface area contributed by atoms with Gasteiger partial charge in [-0.3, -0.25) is 4.90 Å². The van der Waals surface area contributed by atoms with Crippen LogP contribution in [0.1, 0.15) is 50.2 Å². The summed E-state index contributed by atoms with van der Waals surface area (Å²) in [7, 11) is 0. The average molecular weight is 258 g/mol. The fourth-order valence-electron chi connectivity index (χ4n) is 2.94. The van der Waals surface area contributed by atoms with E-state index in [0.717, 1.165) is 25.2 Å². The standard InChI is InChI=1S/C17H26N2/c1-14-4-2-3-11-19(14)13-16-7-5-15(6-8-16)12-18-17-9-10-17/h5-8,14,17-18H,2-4,9-13H2,1H3. The quantitative estimate of drug-likeness (QED) is 0.871. The molecule has 2 heteroatoms. The maximum Gasteiger partial charge on any atom is 0.0236 e. The van der Waals surface area contributed by atoms with E-state index in [1.165, 1.54) is 49.8 Å². The summed E-state index contributed by atoms with van der Waals surface area (Å²) < 4.78 is 0. The SMILES string of the molecule is CC1CCCCN1Cc1ccc(CNC2CC2)cc1. The number of likely N-dealkylation sites (tertiary alicyclic amines) is 1. The summed E-state index contributed by atoms with van der Waals surface area (Å²) in [6.07, 6.45) is 6.87.